The molecule has 4 heteroatoms. The highest BCUT2D eigenvalue weighted by molar-refractivity contribution is 6.64. The molecule has 0 heterocycles. The molecule has 4 atom stereocenters. The van der Waals surface area contributed by atoms with E-state index in [0.29, 0.717) is 0 Å². The van der Waals surface area contributed by atoms with Crippen LogP contribution in [0.15, 0.2) is 12.2 Å². The number of allylic oxidation sites excluding steroid dienone is 2. The van der Waals surface area contributed by atoms with Gasteiger partial charge in [0.25, 0.3) is 0 Å². The van der Waals surface area contributed by atoms with Crippen LogP contribution in [0.4, 0.5) is 0 Å². The quantitative estimate of drug-likeness (QED) is 0.396. The molecule has 0 aromatic heterocycles. The Hall–Kier alpha value is -0.830. The summed E-state index contributed by atoms with van der Waals surface area (Å²) in [4.78, 5) is 22.6. The molecule has 0 spiro atoms. The van der Waals surface area contributed by atoms with Crippen LogP contribution in [0.5, 0.6) is 0 Å². The lowest BCUT2D eigenvalue weighted by molar-refractivity contribution is -0.149. The van der Waals surface area contributed by atoms with Gasteiger partial charge in [-0.3, -0.25) is 9.59 Å². The molecule has 2 rings (SSSR count). The van der Waals surface area contributed by atoms with Crippen LogP contribution >= 0.6 is 11.6 Å². The number of rotatable bonds is 2. The van der Waals surface area contributed by atoms with Crippen LogP contribution in [0.3, 0.4) is 0 Å². The second-order valence-electron chi connectivity index (χ2n) is 3.83. The molecule has 2 aliphatic carbocycles. The van der Waals surface area contributed by atoms with E-state index in [1.165, 1.54) is 7.11 Å². The summed E-state index contributed by atoms with van der Waals surface area (Å²) in [5.74, 6) is -0.783. The molecule has 0 saturated heterocycles. The molecule has 0 aromatic carbocycles. The minimum Gasteiger partial charge on any atom is -0.469 e. The normalized spacial score (nSPS) is 38.7. The van der Waals surface area contributed by atoms with Gasteiger partial charge in [-0.1, -0.05) is 12.2 Å². The second kappa shape index (κ2) is 3.39. The minimum absolute atomic E-state index is 0.133. The van der Waals surface area contributed by atoms with Crippen molar-refractivity contribution >= 4 is 22.8 Å². The standard InChI is InChI=1S/C10H11ClO3/c1-14-10(13)8-6-3-2-5(4-6)7(8)9(11)12/h2-3,5-8H,4H2,1H3/t5-,6+,7-,8-/m0/s1. The third kappa shape index (κ3) is 1.27. The van der Waals surface area contributed by atoms with Gasteiger partial charge in [-0.05, 0) is 29.9 Å². The van der Waals surface area contributed by atoms with E-state index in [1.807, 2.05) is 12.2 Å². The number of methoxy groups -OCH3 is 1. The van der Waals surface area contributed by atoms with Crippen LogP contribution < -0.4 is 0 Å². The van der Waals surface area contributed by atoms with E-state index in [1.54, 1.807) is 0 Å². The van der Waals surface area contributed by atoms with Crippen molar-refractivity contribution in [2.75, 3.05) is 7.11 Å². The van der Waals surface area contributed by atoms with Crippen LogP contribution in [0.2, 0.25) is 0 Å². The summed E-state index contributed by atoms with van der Waals surface area (Å²) < 4.78 is 4.68. The van der Waals surface area contributed by atoms with Crippen molar-refractivity contribution in [2.24, 2.45) is 23.7 Å². The van der Waals surface area contributed by atoms with Crippen molar-refractivity contribution in [3.63, 3.8) is 0 Å². The Morgan fingerprint density at radius 1 is 1.29 bits per heavy atom. The first-order chi connectivity index (χ1) is 6.65. The molecule has 0 radical (unpaired) electrons. The Morgan fingerprint density at radius 2 is 1.86 bits per heavy atom. The number of carbonyl (C=O) groups is 2. The van der Waals surface area contributed by atoms with E-state index in [0.717, 1.165) is 6.42 Å². The maximum atomic E-state index is 11.5. The number of fused-ring (bicyclic) bond motifs is 2. The fraction of sp³-hybridized carbons (Fsp3) is 0.600. The topological polar surface area (TPSA) is 43.4 Å². The van der Waals surface area contributed by atoms with E-state index >= 15 is 0 Å². The van der Waals surface area contributed by atoms with Gasteiger partial charge in [0.15, 0.2) is 0 Å². The fourth-order valence-corrected chi connectivity index (χ4v) is 2.89. The summed E-state index contributed by atoms with van der Waals surface area (Å²) >= 11 is 5.49. The van der Waals surface area contributed by atoms with Gasteiger partial charge >= 0.3 is 5.97 Å². The Balaban J connectivity index is 2.26. The van der Waals surface area contributed by atoms with E-state index in [9.17, 15) is 9.59 Å². The molecule has 1 fully saturated rings. The Kier molecular flexibility index (Phi) is 2.35. The van der Waals surface area contributed by atoms with Crippen molar-refractivity contribution < 1.29 is 14.3 Å². The highest BCUT2D eigenvalue weighted by Crippen LogP contribution is 2.49. The molecule has 14 heavy (non-hydrogen) atoms. The van der Waals surface area contributed by atoms with E-state index < -0.39 is 5.24 Å². The van der Waals surface area contributed by atoms with Gasteiger partial charge < -0.3 is 4.74 Å². The van der Waals surface area contributed by atoms with Gasteiger partial charge in [0.05, 0.1) is 18.9 Å². The summed E-state index contributed by atoms with van der Waals surface area (Å²) in [5, 5.41) is -0.419. The summed E-state index contributed by atoms with van der Waals surface area (Å²) in [6.45, 7) is 0. The SMILES string of the molecule is COC(=O)[C@@H]1[C@@H](C(=O)Cl)[C@H]2C=C[C@@H]1C2. The smallest absolute Gasteiger partial charge is 0.310 e. The van der Waals surface area contributed by atoms with Crippen molar-refractivity contribution in [3.05, 3.63) is 12.2 Å². The van der Waals surface area contributed by atoms with E-state index in [-0.39, 0.29) is 29.6 Å². The lowest BCUT2D eigenvalue weighted by atomic mass is 9.84. The first-order valence-corrected chi connectivity index (χ1v) is 4.98. The summed E-state index contributed by atoms with van der Waals surface area (Å²) in [6.07, 6.45) is 4.82. The predicted octanol–water partition coefficient (Wildman–Crippen LogP) is 1.36. The lowest BCUT2D eigenvalue weighted by Crippen LogP contribution is -2.31. The van der Waals surface area contributed by atoms with Crippen LogP contribution in [-0.2, 0) is 14.3 Å². The Labute approximate surface area is 87.1 Å². The average Bonchev–Trinajstić information content (AvgIpc) is 2.74. The number of ether oxygens (including phenoxy) is 1. The Morgan fingerprint density at radius 3 is 2.36 bits per heavy atom. The largest absolute Gasteiger partial charge is 0.469 e. The molecule has 3 nitrogen and oxygen atoms in total. The molecule has 2 aliphatic rings. The maximum absolute atomic E-state index is 11.5. The van der Waals surface area contributed by atoms with Crippen LogP contribution in [0, 0.1) is 23.7 Å². The summed E-state index contributed by atoms with van der Waals surface area (Å²) in [7, 11) is 1.34. The van der Waals surface area contributed by atoms with E-state index in [2.05, 4.69) is 4.74 Å². The molecular weight excluding hydrogens is 204 g/mol. The predicted molar refractivity (Wildman–Crippen MR) is 50.6 cm³/mol. The molecule has 2 bridgehead atoms. The van der Waals surface area contributed by atoms with Crippen molar-refractivity contribution in [1.82, 2.24) is 0 Å². The van der Waals surface area contributed by atoms with Crippen molar-refractivity contribution in [2.45, 2.75) is 6.42 Å². The first kappa shape index (κ1) is 9.71. The average molecular weight is 215 g/mol. The molecule has 0 amide bonds. The monoisotopic (exact) mass is 214 g/mol. The maximum Gasteiger partial charge on any atom is 0.310 e. The zero-order chi connectivity index (χ0) is 10.3. The molecule has 0 unspecified atom stereocenters. The highest BCUT2D eigenvalue weighted by Gasteiger charge is 2.51. The third-order valence-electron chi connectivity index (χ3n) is 3.19. The number of hydrogen-bond acceptors (Lipinski definition) is 3. The van der Waals surface area contributed by atoms with Crippen molar-refractivity contribution in [3.8, 4) is 0 Å². The van der Waals surface area contributed by atoms with E-state index in [4.69, 9.17) is 11.6 Å². The second-order valence-corrected chi connectivity index (χ2v) is 4.20. The molecule has 0 N–H and O–H groups in total. The van der Waals surface area contributed by atoms with Crippen molar-refractivity contribution in [1.29, 1.82) is 0 Å². The fourth-order valence-electron chi connectivity index (χ4n) is 2.59. The van der Waals surface area contributed by atoms with Gasteiger partial charge in [0.1, 0.15) is 0 Å². The number of carbonyl (C=O) groups excluding carboxylic acids is 2. The molecule has 76 valence electrons. The molecular formula is C10H11ClO3. The molecule has 0 aromatic rings. The highest BCUT2D eigenvalue weighted by atomic mass is 35.5. The first-order valence-electron chi connectivity index (χ1n) is 4.60. The number of hydrogen-bond donors (Lipinski definition) is 0. The Bertz CT molecular complexity index is 310. The zero-order valence-corrected chi connectivity index (χ0v) is 8.53. The molecule has 0 aliphatic heterocycles. The van der Waals surface area contributed by atoms with Gasteiger partial charge in [0, 0.05) is 0 Å². The third-order valence-corrected chi connectivity index (χ3v) is 3.45. The van der Waals surface area contributed by atoms with Gasteiger partial charge in [0.2, 0.25) is 5.24 Å². The van der Waals surface area contributed by atoms with Crippen LogP contribution in [0.25, 0.3) is 0 Å². The lowest BCUT2D eigenvalue weighted by Gasteiger charge is -2.22. The van der Waals surface area contributed by atoms with Gasteiger partial charge in [-0.25, -0.2) is 0 Å². The van der Waals surface area contributed by atoms with Gasteiger partial charge in [-0.2, -0.15) is 0 Å². The summed E-state index contributed by atoms with van der Waals surface area (Å²) in [6, 6.07) is 0. The molecule has 1 saturated carbocycles. The summed E-state index contributed by atoms with van der Waals surface area (Å²) in [5.41, 5.74) is 0. The van der Waals surface area contributed by atoms with Crippen LogP contribution in [0.1, 0.15) is 6.42 Å². The number of esters is 1. The van der Waals surface area contributed by atoms with Gasteiger partial charge in [-0.15, -0.1) is 0 Å². The number of halogens is 1. The minimum atomic E-state index is -0.419. The zero-order valence-electron chi connectivity index (χ0n) is 7.77. The van der Waals surface area contributed by atoms with Crippen LogP contribution in [-0.4, -0.2) is 18.3 Å².